The maximum absolute atomic E-state index is 8.31. The van der Waals surface area contributed by atoms with Gasteiger partial charge in [0.1, 0.15) is 0 Å². The first-order chi connectivity index (χ1) is 2.00. The van der Waals surface area contributed by atoms with E-state index >= 15 is 0 Å². The molecule has 0 saturated heterocycles. The van der Waals surface area contributed by atoms with E-state index in [1.54, 1.807) is 0 Å². The summed E-state index contributed by atoms with van der Waals surface area (Å²) in [4.78, 5) is 0. The molecule has 0 aromatic rings. The van der Waals surface area contributed by atoms with Gasteiger partial charge < -0.3 is 5.48 Å². The van der Waals surface area contributed by atoms with Gasteiger partial charge in [0.2, 0.25) is 0 Å². The molecule has 0 atom stereocenters. The van der Waals surface area contributed by atoms with Gasteiger partial charge in [-0.2, -0.15) is 0 Å². The van der Waals surface area contributed by atoms with Crippen molar-refractivity contribution in [2.45, 2.75) is 0 Å². The van der Waals surface area contributed by atoms with Crippen LogP contribution >= 0.6 is 0 Å². The van der Waals surface area contributed by atoms with Crippen LogP contribution in [0, 0.1) is 94.4 Å². The summed E-state index contributed by atoms with van der Waals surface area (Å²) in [6.45, 7) is 0. The molecule has 0 aromatic heterocycles. The van der Waals surface area contributed by atoms with E-state index in [-0.39, 0.29) is 5.48 Å². The van der Waals surface area contributed by atoms with E-state index in [1.807, 2.05) is 0 Å². The summed E-state index contributed by atoms with van der Waals surface area (Å²) in [6.07, 6.45) is 0. The summed E-state index contributed by atoms with van der Waals surface area (Å²) in [5.41, 5.74) is 0. The van der Waals surface area contributed by atoms with Crippen LogP contribution in [0.25, 0.3) is 0 Å². The summed E-state index contributed by atoms with van der Waals surface area (Å²) in [6, 6.07) is 0. The first-order valence-corrected chi connectivity index (χ1v) is 2.29. The van der Waals surface area contributed by atoms with Crippen molar-refractivity contribution in [3.63, 3.8) is 0 Å². The van der Waals surface area contributed by atoms with E-state index < -0.39 is 0 Å². The molecular weight excluding hydrogens is 352 g/mol. The van der Waals surface area contributed by atoms with Crippen LogP contribution in [0.5, 0.6) is 0 Å². The summed E-state index contributed by atoms with van der Waals surface area (Å²) < 4.78 is 16.6. The molecule has 0 bridgehead atoms. The molecule has 32 valence electrons. The van der Waals surface area contributed by atoms with E-state index in [4.69, 9.17) is -0.0465 Å². The number of hydrogen-bond acceptors (Lipinski definition) is 2. The molecule has 0 rings (SSSR count). The van der Waals surface area contributed by atoms with Gasteiger partial charge >= 0.3 is 94.3 Å². The Morgan fingerprint density at radius 2 is 0.800 bits per heavy atom. The molecule has 0 saturated carbocycles. The quantitative estimate of drug-likeness (QED) is 0.598. The van der Waals surface area contributed by atoms with E-state index in [0.717, 1.165) is 0 Å². The Labute approximate surface area is 96.5 Å². The molecule has 0 aliphatic heterocycles. The minimum atomic E-state index is 0. The van der Waals surface area contributed by atoms with E-state index in [0.29, 0.717) is 94.4 Å². The van der Waals surface area contributed by atoms with Crippen molar-refractivity contribution in [3.8, 4) is 0 Å². The summed E-state index contributed by atoms with van der Waals surface area (Å²) in [5.74, 6) is 0. The maximum atomic E-state index is 8.31. The Kier molecular flexibility index (Phi) is 92.8. The van der Waals surface area contributed by atoms with Crippen LogP contribution in [0.2, 0.25) is 0 Å². The van der Waals surface area contributed by atoms with Gasteiger partial charge in [0.25, 0.3) is 0 Å². The van der Waals surface area contributed by atoms with Gasteiger partial charge in [0.05, 0.1) is 0 Å². The third-order valence-electron chi connectivity index (χ3n) is 0. The molecule has 5 heavy (non-hydrogen) atoms. The second kappa shape index (κ2) is 29.7. The van der Waals surface area contributed by atoms with Gasteiger partial charge in [-0.25, -0.2) is 0 Å². The van der Waals surface area contributed by atoms with Crippen LogP contribution in [-0.2, 0) is 5.43 Å². The molecule has 0 spiro atoms. The molecule has 0 fully saturated rings. The molecule has 5 heteroatoms. The van der Waals surface area contributed by atoms with Crippen LogP contribution in [-0.4, -0.2) is 0 Å². The van der Waals surface area contributed by atoms with Gasteiger partial charge in [-0.05, 0) is 0 Å². The van der Waals surface area contributed by atoms with Crippen LogP contribution in [0.3, 0.4) is 0 Å². The van der Waals surface area contributed by atoms with Gasteiger partial charge in [0, 0.05) is 0 Å². The van der Waals surface area contributed by atoms with Gasteiger partial charge in [-0.3, -0.25) is 0 Å². The monoisotopic (exact) mass is 354 g/mol. The topological polar surface area (TPSA) is 62.6 Å². The standard InChI is InChI=1S/2Eu.3O/q2*+1;;;-2. The van der Waals surface area contributed by atoms with Crippen LogP contribution < -0.4 is 0 Å². The molecule has 0 aliphatic rings. The molecule has 0 unspecified atom stereocenters. The fourth-order valence-corrected chi connectivity index (χ4v) is 0. The molecule has 3 nitrogen and oxygen atoms in total. The van der Waals surface area contributed by atoms with Crippen molar-refractivity contribution >= 4 is 0 Å². The number of rotatable bonds is 0. The van der Waals surface area contributed by atoms with Crippen molar-refractivity contribution in [1.82, 2.24) is 0 Å². The van der Waals surface area contributed by atoms with Gasteiger partial charge in [-0.15, -0.1) is 0 Å². The average molecular weight is 352 g/mol. The van der Waals surface area contributed by atoms with Crippen molar-refractivity contribution in [3.05, 3.63) is 0 Å². The Bertz CT molecular complexity index is 6.85. The van der Waals surface area contributed by atoms with Gasteiger partial charge in [0.15, 0.2) is 0 Å². The zero-order valence-corrected chi connectivity index (χ0v) is 6.83. The normalized spacial score (nSPS) is 1.60. The third kappa shape index (κ3) is 20.2. The third-order valence-corrected chi connectivity index (χ3v) is 0. The van der Waals surface area contributed by atoms with Crippen molar-refractivity contribution in [1.29, 1.82) is 0 Å². The molecular formula is Eu2O3. The summed E-state index contributed by atoms with van der Waals surface area (Å²) in [5, 5.41) is 0. The molecule has 0 radical (unpaired) electrons. The van der Waals surface area contributed by atoms with Crippen LogP contribution in [0.4, 0.5) is 0 Å². The molecule has 0 amide bonds. The second-order valence-electron chi connectivity index (χ2n) is 0. The zero-order valence-electron chi connectivity index (χ0n) is 1.98. The van der Waals surface area contributed by atoms with E-state index in [1.165, 1.54) is 0 Å². The van der Waals surface area contributed by atoms with Crippen molar-refractivity contribution < 1.29 is 99.8 Å². The van der Waals surface area contributed by atoms with Crippen LogP contribution in [0.1, 0.15) is 0 Å². The first-order valence-electron chi connectivity index (χ1n) is 0.309. The fraction of sp³-hybridized carbons (Fsp3) is 0. The molecule has 0 N–H and O–H groups in total. The summed E-state index contributed by atoms with van der Waals surface area (Å²) >= 11 is 0.944. The second-order valence-corrected chi connectivity index (χ2v) is 0. The molecule has 0 aromatic carbocycles. The Balaban J connectivity index is -0.0000000133. The van der Waals surface area contributed by atoms with Gasteiger partial charge in [-0.1, -0.05) is 0 Å². The van der Waals surface area contributed by atoms with Crippen molar-refractivity contribution in [2.75, 3.05) is 0 Å². The fourth-order valence-electron chi connectivity index (χ4n) is 0. The Hall–Kier alpha value is 2.73. The predicted octanol–water partition coefficient (Wildman–Crippen LogP) is -0.356. The minimum absolute atomic E-state index is 0. The SMILES string of the molecule is [O-2].[O]=[Eu+].[O]=[Eu+]. The van der Waals surface area contributed by atoms with E-state index in [9.17, 15) is 0 Å². The van der Waals surface area contributed by atoms with E-state index in [2.05, 4.69) is 0 Å². The Morgan fingerprint density at radius 1 is 0.800 bits per heavy atom. The first kappa shape index (κ1) is 15.6. The van der Waals surface area contributed by atoms with Crippen molar-refractivity contribution in [2.24, 2.45) is 0 Å². The predicted molar refractivity (Wildman–Crippen MR) is 2.06 cm³/mol. The van der Waals surface area contributed by atoms with Crippen LogP contribution in [0.15, 0.2) is 0 Å². The average Bonchev–Trinajstić information content (AvgIpc) is 1.50. The summed E-state index contributed by atoms with van der Waals surface area (Å²) in [7, 11) is 0. The molecule has 0 heterocycles. The number of hydrogen-bond donors (Lipinski definition) is 0. The molecule has 0 aliphatic carbocycles. The zero-order chi connectivity index (χ0) is 4.00. The Morgan fingerprint density at radius 3 is 0.800 bits per heavy atom.